The lowest BCUT2D eigenvalue weighted by atomic mass is 10.1. The molecule has 4 rings (SSSR count). The highest BCUT2D eigenvalue weighted by atomic mass is 32.1. The number of fused-ring (bicyclic) bond motifs is 1. The van der Waals surface area contributed by atoms with E-state index in [0.717, 1.165) is 56.4 Å². The van der Waals surface area contributed by atoms with Gasteiger partial charge >= 0.3 is 0 Å². The molecule has 136 valence electrons. The second kappa shape index (κ2) is 7.64. The number of benzene rings is 1. The Labute approximate surface area is 158 Å². The van der Waals surface area contributed by atoms with E-state index < -0.39 is 0 Å². The lowest BCUT2D eigenvalue weighted by Gasteiger charge is -2.31. The number of hydrogen-bond acceptors (Lipinski definition) is 3. The first kappa shape index (κ1) is 17.3. The van der Waals surface area contributed by atoms with Crippen LogP contribution in [-0.2, 0) is 17.8 Å². The molecule has 3 heterocycles. The van der Waals surface area contributed by atoms with Crippen molar-refractivity contribution < 1.29 is 14.4 Å². The number of quaternary nitrogens is 1. The van der Waals surface area contributed by atoms with Crippen molar-refractivity contribution in [3.63, 3.8) is 0 Å². The molecule has 0 spiro atoms. The third-order valence-electron chi connectivity index (χ3n) is 5.14. The van der Waals surface area contributed by atoms with Crippen LogP contribution in [0.4, 0.5) is 0 Å². The molecule has 0 saturated carbocycles. The number of nitrogens with one attached hydrogen (secondary N) is 1. The Bertz CT molecular complexity index is 819. The van der Waals surface area contributed by atoms with Crippen LogP contribution in [0, 0.1) is 6.92 Å². The molecule has 1 aromatic carbocycles. The Morgan fingerprint density at radius 2 is 2.12 bits per heavy atom. The van der Waals surface area contributed by atoms with E-state index in [0.29, 0.717) is 0 Å². The molecule has 1 amide bonds. The molecule has 0 radical (unpaired) electrons. The lowest BCUT2D eigenvalue weighted by Crippen LogP contribution is -3.13. The van der Waals surface area contributed by atoms with Gasteiger partial charge in [-0.15, -0.1) is 11.3 Å². The monoisotopic (exact) mass is 369 g/mol. The molecule has 1 N–H and O–H groups in total. The van der Waals surface area contributed by atoms with Crippen molar-refractivity contribution in [3.05, 3.63) is 57.3 Å². The predicted octanol–water partition coefficient (Wildman–Crippen LogP) is 1.93. The summed E-state index contributed by atoms with van der Waals surface area (Å²) in [4.78, 5) is 18.3. The van der Waals surface area contributed by atoms with E-state index >= 15 is 0 Å². The van der Waals surface area contributed by atoms with Crippen molar-refractivity contribution in [1.82, 2.24) is 4.90 Å². The minimum Gasteiger partial charge on any atom is -0.493 e. The summed E-state index contributed by atoms with van der Waals surface area (Å²) in [5.41, 5.74) is 2.71. The first-order valence-corrected chi connectivity index (χ1v) is 10.1. The van der Waals surface area contributed by atoms with Gasteiger partial charge in [0.05, 0.1) is 32.8 Å². The van der Waals surface area contributed by atoms with Crippen LogP contribution in [0.5, 0.6) is 5.75 Å². The number of aryl methyl sites for hydroxylation is 1. The van der Waals surface area contributed by atoms with Crippen LogP contribution >= 0.6 is 11.3 Å². The highest BCUT2D eigenvalue weighted by Gasteiger charge is 2.23. The number of thiophene rings is 1. The Morgan fingerprint density at radius 1 is 1.27 bits per heavy atom. The molecular formula is C21H25N2O2S+. The van der Waals surface area contributed by atoms with Gasteiger partial charge in [0.1, 0.15) is 12.3 Å². The zero-order valence-electron chi connectivity index (χ0n) is 15.2. The van der Waals surface area contributed by atoms with E-state index in [2.05, 4.69) is 37.3 Å². The van der Waals surface area contributed by atoms with Crippen LogP contribution < -0.4 is 9.64 Å². The third-order valence-corrected chi connectivity index (χ3v) is 6.11. The highest BCUT2D eigenvalue weighted by molar-refractivity contribution is 7.12. The van der Waals surface area contributed by atoms with Gasteiger partial charge in [-0.1, -0.05) is 0 Å². The van der Waals surface area contributed by atoms with Crippen molar-refractivity contribution in [2.75, 3.05) is 32.8 Å². The Kier molecular flexibility index (Phi) is 5.09. The van der Waals surface area contributed by atoms with E-state index in [1.54, 1.807) is 22.3 Å². The summed E-state index contributed by atoms with van der Waals surface area (Å²) >= 11 is 1.72. The summed E-state index contributed by atoms with van der Waals surface area (Å²) < 4.78 is 5.58. The van der Waals surface area contributed by atoms with Gasteiger partial charge in [0, 0.05) is 27.8 Å². The SMILES string of the molecule is Cc1ccc(/C=C/C(=O)N2CC[NH+](Cc3ccc4c(c3)CCO4)CC2)s1. The zero-order chi connectivity index (χ0) is 17.9. The largest absolute Gasteiger partial charge is 0.493 e. The van der Waals surface area contributed by atoms with Gasteiger partial charge < -0.3 is 14.5 Å². The molecule has 5 heteroatoms. The number of carbonyl (C=O) groups excluding carboxylic acids is 1. The standard InChI is InChI=1S/C21H24N2O2S/c1-16-2-4-19(26-16)5-7-21(24)23-11-9-22(10-12-23)15-17-3-6-20-18(14-17)8-13-25-20/h2-7,14H,8-13,15H2,1H3/p+1/b7-5+. The first-order valence-electron chi connectivity index (χ1n) is 9.29. The van der Waals surface area contributed by atoms with Gasteiger partial charge in [-0.05, 0) is 48.9 Å². The van der Waals surface area contributed by atoms with Crippen LogP contribution in [-0.4, -0.2) is 43.6 Å². The number of nitrogens with zero attached hydrogens (tertiary/aromatic N) is 1. The topological polar surface area (TPSA) is 34.0 Å². The van der Waals surface area contributed by atoms with Crippen molar-refractivity contribution in [2.24, 2.45) is 0 Å². The van der Waals surface area contributed by atoms with Gasteiger partial charge in [0.2, 0.25) is 5.91 Å². The fourth-order valence-corrected chi connectivity index (χ4v) is 4.44. The molecule has 1 aromatic heterocycles. The summed E-state index contributed by atoms with van der Waals surface area (Å²) in [6, 6.07) is 10.7. The van der Waals surface area contributed by atoms with Gasteiger partial charge in [0.15, 0.2) is 0 Å². The average Bonchev–Trinajstić information content (AvgIpc) is 3.28. The number of piperazine rings is 1. The molecule has 1 fully saturated rings. The van der Waals surface area contributed by atoms with Crippen LogP contribution in [0.15, 0.2) is 36.4 Å². The van der Waals surface area contributed by atoms with Crippen molar-refractivity contribution in [3.8, 4) is 5.75 Å². The van der Waals surface area contributed by atoms with E-state index in [-0.39, 0.29) is 5.91 Å². The number of rotatable bonds is 4. The maximum Gasteiger partial charge on any atom is 0.247 e. The third kappa shape index (κ3) is 4.00. The Morgan fingerprint density at radius 3 is 2.88 bits per heavy atom. The van der Waals surface area contributed by atoms with E-state index in [1.807, 2.05) is 11.0 Å². The maximum atomic E-state index is 12.4. The molecule has 2 aromatic rings. The second-order valence-electron chi connectivity index (χ2n) is 7.07. The fourth-order valence-electron chi connectivity index (χ4n) is 3.66. The second-order valence-corrected chi connectivity index (χ2v) is 8.39. The van der Waals surface area contributed by atoms with Gasteiger partial charge in [0.25, 0.3) is 0 Å². The maximum absolute atomic E-state index is 12.4. The van der Waals surface area contributed by atoms with Crippen LogP contribution in [0.2, 0.25) is 0 Å². The minimum atomic E-state index is 0.129. The number of amides is 1. The number of hydrogen-bond donors (Lipinski definition) is 1. The van der Waals surface area contributed by atoms with Crippen LogP contribution in [0.25, 0.3) is 6.08 Å². The van der Waals surface area contributed by atoms with E-state index in [1.165, 1.54) is 16.0 Å². The van der Waals surface area contributed by atoms with Crippen LogP contribution in [0.3, 0.4) is 0 Å². The summed E-state index contributed by atoms with van der Waals surface area (Å²) in [5, 5.41) is 0. The quantitative estimate of drug-likeness (QED) is 0.836. The summed E-state index contributed by atoms with van der Waals surface area (Å²) in [5.74, 6) is 1.18. The molecule has 2 aliphatic rings. The molecule has 2 aliphatic heterocycles. The normalized spacial score (nSPS) is 17.5. The fraction of sp³-hybridized carbons (Fsp3) is 0.381. The summed E-state index contributed by atoms with van der Waals surface area (Å²) in [7, 11) is 0. The molecule has 0 aliphatic carbocycles. The number of carbonyl (C=O) groups is 1. The first-order chi connectivity index (χ1) is 12.7. The minimum absolute atomic E-state index is 0.129. The summed E-state index contributed by atoms with van der Waals surface area (Å²) in [6.45, 7) is 7.59. The molecule has 0 unspecified atom stereocenters. The molecule has 26 heavy (non-hydrogen) atoms. The average molecular weight is 370 g/mol. The Balaban J connectivity index is 1.28. The van der Waals surface area contributed by atoms with E-state index in [9.17, 15) is 4.79 Å². The van der Waals surface area contributed by atoms with Gasteiger partial charge in [-0.2, -0.15) is 0 Å². The van der Waals surface area contributed by atoms with Crippen molar-refractivity contribution >= 4 is 23.3 Å². The molecular weight excluding hydrogens is 344 g/mol. The molecule has 4 nitrogen and oxygen atoms in total. The van der Waals surface area contributed by atoms with Crippen molar-refractivity contribution in [1.29, 1.82) is 0 Å². The van der Waals surface area contributed by atoms with Gasteiger partial charge in [-0.25, -0.2) is 0 Å². The lowest BCUT2D eigenvalue weighted by molar-refractivity contribution is -0.917. The van der Waals surface area contributed by atoms with E-state index in [4.69, 9.17) is 4.74 Å². The Hall–Kier alpha value is -2.11. The predicted molar refractivity (Wildman–Crippen MR) is 105 cm³/mol. The van der Waals surface area contributed by atoms with Crippen molar-refractivity contribution in [2.45, 2.75) is 19.9 Å². The smallest absolute Gasteiger partial charge is 0.247 e. The highest BCUT2D eigenvalue weighted by Crippen LogP contribution is 2.25. The summed E-state index contributed by atoms with van der Waals surface area (Å²) in [6.07, 6.45) is 4.68. The van der Waals surface area contributed by atoms with Crippen LogP contribution in [0.1, 0.15) is 20.9 Å². The van der Waals surface area contributed by atoms with Gasteiger partial charge in [-0.3, -0.25) is 4.79 Å². The number of ether oxygens (including phenoxy) is 1. The zero-order valence-corrected chi connectivity index (χ0v) is 16.0. The molecule has 1 saturated heterocycles. The molecule has 0 atom stereocenters. The molecule has 0 bridgehead atoms.